The summed E-state index contributed by atoms with van der Waals surface area (Å²) in [5.41, 5.74) is 2.00. The van der Waals surface area contributed by atoms with E-state index >= 15 is 0 Å². The number of carbonyl (C=O) groups is 4. The Kier molecular flexibility index (Phi) is 5.12. The Morgan fingerprint density at radius 1 is 1.09 bits per heavy atom. The molecule has 164 valence electrons. The first kappa shape index (κ1) is 20.9. The van der Waals surface area contributed by atoms with Gasteiger partial charge >= 0.3 is 0 Å². The summed E-state index contributed by atoms with van der Waals surface area (Å²) in [4.78, 5) is 51.9. The molecule has 2 N–H and O–H groups in total. The van der Waals surface area contributed by atoms with Gasteiger partial charge in [0.15, 0.2) is 0 Å². The molecule has 32 heavy (non-hydrogen) atoms. The summed E-state index contributed by atoms with van der Waals surface area (Å²) in [5.74, 6) is -1.42. The van der Waals surface area contributed by atoms with Crippen LogP contribution in [0.4, 0.5) is 0 Å². The second-order valence-electron chi connectivity index (χ2n) is 8.64. The molecule has 0 bridgehead atoms. The number of benzene rings is 2. The van der Waals surface area contributed by atoms with Gasteiger partial charge in [-0.15, -0.1) is 0 Å². The largest absolute Gasteiger partial charge is 0.343 e. The molecule has 7 nitrogen and oxygen atoms in total. The molecule has 2 aromatic carbocycles. The number of nitrogens with one attached hydrogen (secondary N) is 2. The van der Waals surface area contributed by atoms with E-state index in [-0.39, 0.29) is 30.7 Å². The number of nitrogens with zero attached hydrogens (tertiary/aromatic N) is 1. The number of rotatable bonds is 4. The summed E-state index contributed by atoms with van der Waals surface area (Å²) in [7, 11) is 0. The maximum absolute atomic E-state index is 13.4. The maximum atomic E-state index is 13.4. The Labute approximate surface area is 193 Å². The van der Waals surface area contributed by atoms with Gasteiger partial charge in [-0.05, 0) is 55.0 Å². The zero-order valence-electron chi connectivity index (χ0n) is 17.3. The van der Waals surface area contributed by atoms with Crippen LogP contribution in [0.2, 0.25) is 0 Å². The van der Waals surface area contributed by atoms with Crippen molar-refractivity contribution in [3.63, 3.8) is 0 Å². The molecule has 1 saturated heterocycles. The molecule has 0 aromatic heterocycles. The van der Waals surface area contributed by atoms with Crippen LogP contribution >= 0.6 is 15.9 Å². The van der Waals surface area contributed by atoms with Crippen LogP contribution in [0.5, 0.6) is 0 Å². The van der Waals surface area contributed by atoms with Crippen LogP contribution in [0.1, 0.15) is 63.9 Å². The van der Waals surface area contributed by atoms with E-state index in [0.29, 0.717) is 17.5 Å². The smallest absolute Gasteiger partial charge is 0.256 e. The van der Waals surface area contributed by atoms with E-state index in [1.54, 1.807) is 12.1 Å². The normalized spacial score (nSPS) is 21.6. The van der Waals surface area contributed by atoms with E-state index in [9.17, 15) is 19.2 Å². The van der Waals surface area contributed by atoms with Crippen LogP contribution in [0.25, 0.3) is 0 Å². The van der Waals surface area contributed by atoms with Crippen LogP contribution in [-0.4, -0.2) is 34.6 Å². The summed E-state index contributed by atoms with van der Waals surface area (Å²) in [6.07, 6.45) is 3.18. The van der Waals surface area contributed by atoms with Crippen molar-refractivity contribution < 1.29 is 19.2 Å². The van der Waals surface area contributed by atoms with Crippen molar-refractivity contribution in [1.82, 2.24) is 15.5 Å². The van der Waals surface area contributed by atoms with Gasteiger partial charge in [0, 0.05) is 17.4 Å². The Morgan fingerprint density at radius 3 is 2.50 bits per heavy atom. The van der Waals surface area contributed by atoms with Crippen molar-refractivity contribution in [2.45, 2.75) is 50.2 Å². The van der Waals surface area contributed by atoms with Gasteiger partial charge in [0.1, 0.15) is 6.04 Å². The van der Waals surface area contributed by atoms with E-state index in [4.69, 9.17) is 0 Å². The quantitative estimate of drug-likeness (QED) is 0.637. The first-order chi connectivity index (χ1) is 15.4. The van der Waals surface area contributed by atoms with Crippen molar-refractivity contribution in [3.05, 3.63) is 69.2 Å². The highest BCUT2D eigenvalue weighted by Gasteiger charge is 2.43. The molecule has 2 aromatic rings. The third-order valence-electron chi connectivity index (χ3n) is 6.75. The second-order valence-corrected chi connectivity index (χ2v) is 9.55. The Hall–Kier alpha value is -3.00. The first-order valence-electron chi connectivity index (χ1n) is 10.7. The highest BCUT2D eigenvalue weighted by Crippen LogP contribution is 2.42. The van der Waals surface area contributed by atoms with Gasteiger partial charge in [-0.2, -0.15) is 0 Å². The lowest BCUT2D eigenvalue weighted by Gasteiger charge is -2.43. The number of piperidine rings is 1. The SMILES string of the molecule is O=C1CCC(N2Cc3cccc(C(=O)NC4(c5ccc(Br)cc5)CCC4)c3C2=O)C(=O)N1. The molecule has 2 heterocycles. The molecule has 5 rings (SSSR count). The van der Waals surface area contributed by atoms with E-state index in [1.165, 1.54) is 4.90 Å². The predicted octanol–water partition coefficient (Wildman–Crippen LogP) is 3.02. The summed E-state index contributed by atoms with van der Waals surface area (Å²) < 4.78 is 0.974. The third kappa shape index (κ3) is 3.43. The molecule has 1 saturated carbocycles. The van der Waals surface area contributed by atoms with Crippen molar-refractivity contribution in [3.8, 4) is 0 Å². The molecule has 4 amide bonds. The molecule has 1 aliphatic carbocycles. The lowest BCUT2D eigenvalue weighted by Crippen LogP contribution is -2.52. The number of hydrogen-bond acceptors (Lipinski definition) is 4. The monoisotopic (exact) mass is 495 g/mol. The summed E-state index contributed by atoms with van der Waals surface area (Å²) in [5, 5.41) is 5.50. The summed E-state index contributed by atoms with van der Waals surface area (Å²) >= 11 is 3.45. The number of halogens is 1. The van der Waals surface area contributed by atoms with Gasteiger partial charge in [0.2, 0.25) is 11.8 Å². The van der Waals surface area contributed by atoms with E-state index in [2.05, 4.69) is 26.6 Å². The van der Waals surface area contributed by atoms with Gasteiger partial charge in [-0.1, -0.05) is 40.2 Å². The lowest BCUT2D eigenvalue weighted by molar-refractivity contribution is -0.136. The molecule has 1 unspecified atom stereocenters. The summed E-state index contributed by atoms with van der Waals surface area (Å²) in [6, 6.07) is 12.5. The average molecular weight is 496 g/mol. The number of hydrogen-bond donors (Lipinski definition) is 2. The Bertz CT molecular complexity index is 1140. The average Bonchev–Trinajstić information content (AvgIpc) is 3.08. The van der Waals surface area contributed by atoms with Gasteiger partial charge < -0.3 is 10.2 Å². The molecule has 8 heteroatoms. The molecule has 0 spiro atoms. The molecular formula is C24H22BrN3O4. The summed E-state index contributed by atoms with van der Waals surface area (Å²) in [6.45, 7) is 0.249. The Morgan fingerprint density at radius 2 is 1.84 bits per heavy atom. The molecule has 3 aliphatic rings. The van der Waals surface area contributed by atoms with E-state index in [0.717, 1.165) is 34.9 Å². The standard InChI is InChI=1S/C24H22BrN3O4/c25-16-7-5-15(6-8-16)24(11-2-12-24)27-21(30)17-4-1-3-14-13-28(23(32)20(14)17)18-9-10-19(29)26-22(18)31/h1,3-8,18H,2,9-13H2,(H,27,30)(H,26,29,31). The van der Waals surface area contributed by atoms with Crippen LogP contribution in [-0.2, 0) is 21.7 Å². The second kappa shape index (κ2) is 7.85. The molecular weight excluding hydrogens is 474 g/mol. The van der Waals surface area contributed by atoms with Gasteiger partial charge in [0.05, 0.1) is 16.7 Å². The lowest BCUT2D eigenvalue weighted by atomic mass is 9.71. The minimum atomic E-state index is -0.704. The number of amides is 4. The van der Waals surface area contributed by atoms with Crippen molar-refractivity contribution in [2.75, 3.05) is 0 Å². The van der Waals surface area contributed by atoms with Gasteiger partial charge in [-0.25, -0.2) is 0 Å². The van der Waals surface area contributed by atoms with E-state index < -0.39 is 17.5 Å². The number of fused-ring (bicyclic) bond motifs is 1. The van der Waals surface area contributed by atoms with Crippen LogP contribution in [0.3, 0.4) is 0 Å². The molecule has 0 radical (unpaired) electrons. The van der Waals surface area contributed by atoms with Crippen LogP contribution < -0.4 is 10.6 Å². The fourth-order valence-electron chi connectivity index (χ4n) is 4.87. The minimum absolute atomic E-state index is 0.194. The fourth-order valence-corrected chi connectivity index (χ4v) is 5.14. The molecule has 2 fully saturated rings. The van der Waals surface area contributed by atoms with E-state index in [1.807, 2.05) is 30.3 Å². The number of carbonyl (C=O) groups excluding carboxylic acids is 4. The third-order valence-corrected chi connectivity index (χ3v) is 7.28. The van der Waals surface area contributed by atoms with Crippen molar-refractivity contribution in [2.24, 2.45) is 0 Å². The number of imide groups is 1. The molecule has 2 aliphatic heterocycles. The van der Waals surface area contributed by atoms with Crippen LogP contribution in [0.15, 0.2) is 46.9 Å². The zero-order chi connectivity index (χ0) is 22.5. The van der Waals surface area contributed by atoms with Crippen LogP contribution in [0, 0.1) is 0 Å². The zero-order valence-corrected chi connectivity index (χ0v) is 18.9. The molecule has 1 atom stereocenters. The topological polar surface area (TPSA) is 95.6 Å². The fraction of sp³-hybridized carbons (Fsp3) is 0.333. The van der Waals surface area contributed by atoms with Crippen molar-refractivity contribution in [1.29, 1.82) is 0 Å². The van der Waals surface area contributed by atoms with Gasteiger partial charge in [-0.3, -0.25) is 24.5 Å². The van der Waals surface area contributed by atoms with Gasteiger partial charge in [0.25, 0.3) is 11.8 Å². The first-order valence-corrected chi connectivity index (χ1v) is 11.5. The van der Waals surface area contributed by atoms with Crippen molar-refractivity contribution >= 4 is 39.6 Å². The Balaban J connectivity index is 1.41. The highest BCUT2D eigenvalue weighted by molar-refractivity contribution is 9.10. The highest BCUT2D eigenvalue weighted by atomic mass is 79.9. The minimum Gasteiger partial charge on any atom is -0.343 e. The predicted molar refractivity (Wildman–Crippen MR) is 120 cm³/mol. The maximum Gasteiger partial charge on any atom is 0.256 e.